The molecule has 0 spiro atoms. The number of nitrogens with one attached hydrogen (secondary N) is 1. The number of benzene rings is 2. The molecule has 1 N–H and O–H groups in total. The fourth-order valence-corrected chi connectivity index (χ4v) is 3.52. The second-order valence-corrected chi connectivity index (χ2v) is 7.20. The number of ether oxygens (including phenoxy) is 1. The molecule has 3 aromatic rings. The second kappa shape index (κ2) is 7.47. The number of methoxy groups -OCH3 is 1. The Bertz CT molecular complexity index is 1110. The van der Waals surface area contributed by atoms with Gasteiger partial charge in [0.05, 0.1) is 18.1 Å². The van der Waals surface area contributed by atoms with E-state index in [2.05, 4.69) is 9.82 Å². The van der Waals surface area contributed by atoms with Crippen molar-refractivity contribution in [2.75, 3.05) is 11.8 Å². The molecule has 0 radical (unpaired) electrons. The molecule has 0 atom stereocenters. The average molecular weight is 386 g/mol. The molecule has 0 saturated carbocycles. The highest BCUT2D eigenvalue weighted by Crippen LogP contribution is 2.31. The molecule has 1 heterocycles. The first-order valence-corrected chi connectivity index (χ1v) is 9.29. The van der Waals surface area contributed by atoms with E-state index in [0.717, 1.165) is 0 Å². The van der Waals surface area contributed by atoms with Gasteiger partial charge in [0, 0.05) is 11.8 Å². The predicted molar refractivity (Wildman–Crippen MR) is 97.0 cm³/mol. The number of hydrogen-bond donors (Lipinski definition) is 1. The van der Waals surface area contributed by atoms with Gasteiger partial charge in [0.25, 0.3) is 10.0 Å². The molecular weight excluding hydrogens is 371 g/mol. The van der Waals surface area contributed by atoms with E-state index in [1.54, 1.807) is 24.3 Å². The summed E-state index contributed by atoms with van der Waals surface area (Å²) in [6, 6.07) is 13.9. The topological polar surface area (TPSA) is 97.0 Å². The summed E-state index contributed by atoms with van der Waals surface area (Å²) in [4.78, 5) is 0.0618. The lowest BCUT2D eigenvalue weighted by Crippen LogP contribution is -2.14. The molecule has 0 amide bonds. The van der Waals surface area contributed by atoms with E-state index in [9.17, 15) is 12.8 Å². The van der Waals surface area contributed by atoms with Crippen LogP contribution >= 0.6 is 0 Å². The minimum Gasteiger partial charge on any atom is -0.494 e. The lowest BCUT2D eigenvalue weighted by atomic mass is 10.1. The van der Waals surface area contributed by atoms with Gasteiger partial charge in [-0.25, -0.2) is 12.8 Å². The quantitative estimate of drug-likeness (QED) is 0.702. The lowest BCUT2D eigenvalue weighted by molar-refractivity contribution is 0.386. The number of halogens is 1. The number of anilines is 1. The van der Waals surface area contributed by atoms with Gasteiger partial charge in [0.15, 0.2) is 17.4 Å². The highest BCUT2D eigenvalue weighted by Gasteiger charge is 2.20. The molecule has 0 saturated heterocycles. The standard InChI is InChI=1S/C18H15FN4O3S/c1-26-17-8-7-13(11-16(17)19)15-12-23(10-9-20)21-18(15)22-27(24,25)14-5-3-2-4-6-14/h2-8,11-12H,10H2,1H3,(H,21,22). The molecule has 0 bridgehead atoms. The number of nitriles is 1. The van der Waals surface area contributed by atoms with Crippen LogP contribution in [0.1, 0.15) is 0 Å². The van der Waals surface area contributed by atoms with E-state index >= 15 is 0 Å². The Balaban J connectivity index is 2.05. The van der Waals surface area contributed by atoms with Crippen LogP contribution in [-0.2, 0) is 16.6 Å². The van der Waals surface area contributed by atoms with Gasteiger partial charge in [-0.1, -0.05) is 24.3 Å². The number of rotatable bonds is 6. The van der Waals surface area contributed by atoms with E-state index in [4.69, 9.17) is 10.00 Å². The molecule has 27 heavy (non-hydrogen) atoms. The van der Waals surface area contributed by atoms with Crippen LogP contribution in [0.15, 0.2) is 59.6 Å². The van der Waals surface area contributed by atoms with Crippen molar-refractivity contribution in [3.8, 4) is 22.9 Å². The van der Waals surface area contributed by atoms with Gasteiger partial charge >= 0.3 is 0 Å². The van der Waals surface area contributed by atoms with E-state index in [-0.39, 0.29) is 23.0 Å². The Morgan fingerprint density at radius 2 is 2.00 bits per heavy atom. The monoisotopic (exact) mass is 386 g/mol. The molecule has 0 unspecified atom stereocenters. The van der Waals surface area contributed by atoms with Crippen LogP contribution in [0.25, 0.3) is 11.1 Å². The summed E-state index contributed by atoms with van der Waals surface area (Å²) in [6.07, 6.45) is 1.48. The molecule has 0 aliphatic carbocycles. The minimum absolute atomic E-state index is 0.00123. The van der Waals surface area contributed by atoms with Gasteiger partial charge in [-0.15, -0.1) is 0 Å². The largest absolute Gasteiger partial charge is 0.494 e. The summed E-state index contributed by atoms with van der Waals surface area (Å²) in [5.41, 5.74) is 0.731. The first-order valence-electron chi connectivity index (χ1n) is 7.81. The van der Waals surface area contributed by atoms with Gasteiger partial charge < -0.3 is 4.74 Å². The molecular formula is C18H15FN4O3S. The number of aromatic nitrogens is 2. The molecule has 0 fully saturated rings. The number of hydrogen-bond acceptors (Lipinski definition) is 5. The molecule has 2 aromatic carbocycles. The highest BCUT2D eigenvalue weighted by atomic mass is 32.2. The number of nitrogens with zero attached hydrogens (tertiary/aromatic N) is 3. The van der Waals surface area contributed by atoms with Crippen molar-refractivity contribution in [1.82, 2.24) is 9.78 Å². The average Bonchev–Trinajstić information content (AvgIpc) is 3.04. The fraction of sp³-hybridized carbons (Fsp3) is 0.111. The van der Waals surface area contributed by atoms with Crippen molar-refractivity contribution in [2.45, 2.75) is 11.4 Å². The smallest absolute Gasteiger partial charge is 0.263 e. The molecule has 7 nitrogen and oxygen atoms in total. The van der Waals surface area contributed by atoms with Crippen molar-refractivity contribution < 1.29 is 17.5 Å². The molecule has 138 valence electrons. The SMILES string of the molecule is COc1ccc(-c2cn(CC#N)nc2NS(=O)(=O)c2ccccc2)cc1F. The van der Waals surface area contributed by atoms with Gasteiger partial charge in [-0.05, 0) is 29.8 Å². The first-order chi connectivity index (χ1) is 12.9. The van der Waals surface area contributed by atoms with Crippen molar-refractivity contribution in [2.24, 2.45) is 0 Å². The summed E-state index contributed by atoms with van der Waals surface area (Å²) in [5.74, 6) is -0.534. The van der Waals surface area contributed by atoms with Gasteiger partial charge in [-0.2, -0.15) is 10.4 Å². The predicted octanol–water partition coefficient (Wildman–Crippen LogP) is 3.02. The van der Waals surface area contributed by atoms with Crippen LogP contribution in [0.5, 0.6) is 5.75 Å². The van der Waals surface area contributed by atoms with Crippen molar-refractivity contribution in [3.63, 3.8) is 0 Å². The van der Waals surface area contributed by atoms with Crippen LogP contribution in [0.3, 0.4) is 0 Å². The number of sulfonamides is 1. The second-order valence-electron chi connectivity index (χ2n) is 5.51. The Labute approximate surface area is 155 Å². The molecule has 0 aliphatic rings. The minimum atomic E-state index is -3.90. The normalized spacial score (nSPS) is 11.0. The van der Waals surface area contributed by atoms with Gasteiger partial charge in [-0.3, -0.25) is 9.40 Å². The summed E-state index contributed by atoms with van der Waals surface area (Å²) in [7, 11) is -2.55. The molecule has 3 rings (SSSR count). The lowest BCUT2D eigenvalue weighted by Gasteiger charge is -2.08. The van der Waals surface area contributed by atoms with Crippen LogP contribution in [0.2, 0.25) is 0 Å². The van der Waals surface area contributed by atoms with Crippen LogP contribution in [-0.4, -0.2) is 25.3 Å². The zero-order valence-corrected chi connectivity index (χ0v) is 15.1. The van der Waals surface area contributed by atoms with Gasteiger partial charge in [0.1, 0.15) is 6.54 Å². The maximum atomic E-state index is 14.1. The fourth-order valence-electron chi connectivity index (χ4n) is 2.48. The summed E-state index contributed by atoms with van der Waals surface area (Å²) >= 11 is 0. The molecule has 0 aliphatic heterocycles. The third-order valence-corrected chi connectivity index (χ3v) is 5.10. The summed E-state index contributed by atoms with van der Waals surface area (Å²) in [5, 5.41) is 13.0. The van der Waals surface area contributed by atoms with Gasteiger partial charge in [0.2, 0.25) is 0 Å². The Hall–Kier alpha value is -3.38. The summed E-state index contributed by atoms with van der Waals surface area (Å²) in [6.45, 7) is -0.0846. The zero-order chi connectivity index (χ0) is 19.4. The maximum absolute atomic E-state index is 14.1. The molecule has 1 aromatic heterocycles. The Morgan fingerprint density at radius 3 is 2.63 bits per heavy atom. The Kier molecular flexibility index (Phi) is 5.09. The third kappa shape index (κ3) is 3.91. The third-order valence-electron chi connectivity index (χ3n) is 3.74. The summed E-state index contributed by atoms with van der Waals surface area (Å²) < 4.78 is 47.9. The van der Waals surface area contributed by atoms with E-state index in [0.29, 0.717) is 11.1 Å². The van der Waals surface area contributed by atoms with Crippen LogP contribution in [0, 0.1) is 17.1 Å². The zero-order valence-electron chi connectivity index (χ0n) is 14.3. The van der Waals surface area contributed by atoms with Crippen LogP contribution < -0.4 is 9.46 Å². The van der Waals surface area contributed by atoms with Crippen molar-refractivity contribution in [3.05, 3.63) is 60.5 Å². The van der Waals surface area contributed by atoms with Crippen LogP contribution in [0.4, 0.5) is 10.2 Å². The van der Waals surface area contributed by atoms with E-state index in [1.165, 1.54) is 42.3 Å². The van der Waals surface area contributed by atoms with Crippen molar-refractivity contribution in [1.29, 1.82) is 5.26 Å². The Morgan fingerprint density at radius 1 is 1.26 bits per heavy atom. The van der Waals surface area contributed by atoms with E-state index in [1.807, 2.05) is 6.07 Å². The first kappa shape index (κ1) is 18.4. The highest BCUT2D eigenvalue weighted by molar-refractivity contribution is 7.92. The van der Waals surface area contributed by atoms with E-state index < -0.39 is 15.8 Å². The molecule has 9 heteroatoms. The maximum Gasteiger partial charge on any atom is 0.263 e. The van der Waals surface area contributed by atoms with Crippen molar-refractivity contribution >= 4 is 15.8 Å².